The van der Waals surface area contributed by atoms with Crippen LogP contribution in [-0.2, 0) is 4.79 Å². The number of rotatable bonds is 5. The topological polar surface area (TPSA) is 43.8 Å². The first kappa shape index (κ1) is 17.4. The predicted molar refractivity (Wildman–Crippen MR) is 95.9 cm³/mol. The number of benzene rings is 1. The maximum atomic E-state index is 12.5. The summed E-state index contributed by atoms with van der Waals surface area (Å²) < 4.78 is 0. The zero-order valence-corrected chi connectivity index (χ0v) is 14.6. The minimum absolute atomic E-state index is 0.207. The fourth-order valence-electron chi connectivity index (χ4n) is 4.16. The van der Waals surface area contributed by atoms with E-state index in [1.807, 2.05) is 4.90 Å². The van der Waals surface area contributed by atoms with Crippen molar-refractivity contribution >= 4 is 5.91 Å². The minimum atomic E-state index is 0.207. The molecule has 0 bridgehead atoms. The summed E-state index contributed by atoms with van der Waals surface area (Å²) in [6.45, 7) is 4.36. The lowest BCUT2D eigenvalue weighted by molar-refractivity contribution is -0.134. The number of carbonyl (C=O) groups is 1. The summed E-state index contributed by atoms with van der Waals surface area (Å²) in [4.78, 5) is 16.8. The number of piperazine rings is 1. The Kier molecular flexibility index (Phi) is 6.27. The highest BCUT2D eigenvalue weighted by Crippen LogP contribution is 2.37. The number of carbonyl (C=O) groups excluding carboxylic acids is 1. The molecule has 132 valence electrons. The molecule has 1 saturated carbocycles. The Morgan fingerprint density at radius 2 is 1.67 bits per heavy atom. The minimum Gasteiger partial charge on any atom is -0.395 e. The van der Waals surface area contributed by atoms with E-state index in [-0.39, 0.29) is 6.61 Å². The second-order valence-electron chi connectivity index (χ2n) is 7.28. The van der Waals surface area contributed by atoms with Gasteiger partial charge in [0.15, 0.2) is 0 Å². The zero-order chi connectivity index (χ0) is 16.8. The molecule has 4 heteroatoms. The monoisotopic (exact) mass is 330 g/mol. The van der Waals surface area contributed by atoms with Crippen LogP contribution in [0.5, 0.6) is 0 Å². The molecule has 1 aromatic rings. The van der Waals surface area contributed by atoms with Crippen LogP contribution in [0.2, 0.25) is 0 Å². The van der Waals surface area contributed by atoms with E-state index in [9.17, 15) is 4.79 Å². The Hall–Kier alpha value is -1.39. The first-order valence-corrected chi connectivity index (χ1v) is 9.42. The molecule has 0 atom stereocenters. The summed E-state index contributed by atoms with van der Waals surface area (Å²) in [6.07, 6.45) is 5.51. The Balaban J connectivity index is 1.41. The fourth-order valence-corrected chi connectivity index (χ4v) is 4.16. The highest BCUT2D eigenvalue weighted by molar-refractivity contribution is 5.76. The molecule has 0 unspecified atom stereocenters. The third kappa shape index (κ3) is 4.58. The highest BCUT2D eigenvalue weighted by Gasteiger charge is 2.27. The number of β-amino-alcohol motifs (C(OH)–C–C–N with tert-alkyl or cyclic N) is 1. The molecule has 1 aromatic carbocycles. The Labute approximate surface area is 145 Å². The van der Waals surface area contributed by atoms with Crippen LogP contribution in [0.4, 0.5) is 0 Å². The average molecular weight is 330 g/mol. The lowest BCUT2D eigenvalue weighted by atomic mass is 9.77. The van der Waals surface area contributed by atoms with E-state index in [2.05, 4.69) is 35.2 Å². The van der Waals surface area contributed by atoms with E-state index in [4.69, 9.17) is 5.11 Å². The number of aliphatic hydroxyl groups excluding tert-OH is 1. The third-order valence-corrected chi connectivity index (χ3v) is 5.72. The predicted octanol–water partition coefficient (Wildman–Crippen LogP) is 2.49. The van der Waals surface area contributed by atoms with Crippen LogP contribution < -0.4 is 0 Å². The first-order valence-electron chi connectivity index (χ1n) is 9.42. The van der Waals surface area contributed by atoms with Crippen molar-refractivity contribution in [1.82, 2.24) is 9.80 Å². The molecule has 0 spiro atoms. The van der Waals surface area contributed by atoms with Crippen LogP contribution >= 0.6 is 0 Å². The van der Waals surface area contributed by atoms with Gasteiger partial charge in [0.05, 0.1) is 6.61 Å². The molecular formula is C20H30N2O2. The smallest absolute Gasteiger partial charge is 0.222 e. The van der Waals surface area contributed by atoms with Crippen LogP contribution in [0.15, 0.2) is 30.3 Å². The van der Waals surface area contributed by atoms with Crippen molar-refractivity contribution in [3.63, 3.8) is 0 Å². The van der Waals surface area contributed by atoms with Gasteiger partial charge in [0.25, 0.3) is 0 Å². The lowest BCUT2D eigenvalue weighted by Gasteiger charge is -2.36. The summed E-state index contributed by atoms with van der Waals surface area (Å²) in [5, 5.41) is 8.99. The first-order chi connectivity index (χ1) is 11.8. The second-order valence-corrected chi connectivity index (χ2v) is 7.28. The molecule has 1 aliphatic carbocycles. The number of aliphatic hydroxyl groups is 1. The van der Waals surface area contributed by atoms with E-state index in [0.717, 1.165) is 39.1 Å². The van der Waals surface area contributed by atoms with Crippen LogP contribution in [0, 0.1) is 5.92 Å². The number of nitrogens with zero attached hydrogens (tertiary/aromatic N) is 2. The maximum absolute atomic E-state index is 12.5. The van der Waals surface area contributed by atoms with Gasteiger partial charge < -0.3 is 10.0 Å². The van der Waals surface area contributed by atoms with Crippen LogP contribution in [-0.4, -0.2) is 60.1 Å². The Bertz CT molecular complexity index is 504. The standard InChI is InChI=1S/C20H30N2O2/c23-15-14-21-10-12-22(13-11-21)20(24)16-17-6-8-19(9-7-17)18-4-2-1-3-5-18/h1-5,17,19,23H,6-16H2. The van der Waals surface area contributed by atoms with Crippen LogP contribution in [0.25, 0.3) is 0 Å². The number of hydrogen-bond donors (Lipinski definition) is 1. The van der Waals surface area contributed by atoms with Crippen LogP contribution in [0.3, 0.4) is 0 Å². The maximum Gasteiger partial charge on any atom is 0.222 e. The Morgan fingerprint density at radius 3 is 2.29 bits per heavy atom. The van der Waals surface area contributed by atoms with Gasteiger partial charge in [-0.25, -0.2) is 0 Å². The lowest BCUT2D eigenvalue weighted by Crippen LogP contribution is -2.49. The molecule has 3 rings (SSSR count). The third-order valence-electron chi connectivity index (χ3n) is 5.72. The van der Waals surface area contributed by atoms with E-state index in [1.165, 1.54) is 31.2 Å². The Morgan fingerprint density at radius 1 is 1.00 bits per heavy atom. The van der Waals surface area contributed by atoms with Gasteiger partial charge in [-0.05, 0) is 43.1 Å². The molecule has 4 nitrogen and oxygen atoms in total. The van der Waals surface area contributed by atoms with Gasteiger partial charge in [-0.15, -0.1) is 0 Å². The van der Waals surface area contributed by atoms with E-state index >= 15 is 0 Å². The highest BCUT2D eigenvalue weighted by atomic mass is 16.3. The SMILES string of the molecule is O=C(CC1CCC(c2ccccc2)CC1)N1CCN(CCO)CC1. The van der Waals surface area contributed by atoms with Gasteiger partial charge >= 0.3 is 0 Å². The van der Waals surface area contributed by atoms with Crippen molar-refractivity contribution in [2.75, 3.05) is 39.3 Å². The molecule has 2 fully saturated rings. The fraction of sp³-hybridized carbons (Fsp3) is 0.650. The van der Waals surface area contributed by atoms with Crippen molar-refractivity contribution in [3.8, 4) is 0 Å². The van der Waals surface area contributed by atoms with Crippen LogP contribution in [0.1, 0.15) is 43.6 Å². The molecule has 2 aliphatic rings. The van der Waals surface area contributed by atoms with Gasteiger partial charge in [0.1, 0.15) is 0 Å². The summed E-state index contributed by atoms with van der Waals surface area (Å²) in [7, 11) is 0. The van der Waals surface area contributed by atoms with E-state index < -0.39 is 0 Å². The normalized spacial score (nSPS) is 25.6. The number of hydrogen-bond acceptors (Lipinski definition) is 3. The quantitative estimate of drug-likeness (QED) is 0.902. The molecule has 1 amide bonds. The summed E-state index contributed by atoms with van der Waals surface area (Å²) >= 11 is 0. The van der Waals surface area contributed by atoms with Gasteiger partial charge in [-0.3, -0.25) is 9.69 Å². The van der Waals surface area contributed by atoms with Crippen molar-refractivity contribution in [3.05, 3.63) is 35.9 Å². The molecule has 0 radical (unpaired) electrons. The van der Waals surface area contributed by atoms with E-state index in [1.54, 1.807) is 0 Å². The summed E-state index contributed by atoms with van der Waals surface area (Å²) in [6, 6.07) is 10.8. The second kappa shape index (κ2) is 8.63. The van der Waals surface area contributed by atoms with Crippen molar-refractivity contribution in [1.29, 1.82) is 0 Å². The van der Waals surface area contributed by atoms with Gasteiger partial charge in [0, 0.05) is 39.1 Å². The molecule has 1 aliphatic heterocycles. The molecule has 1 heterocycles. The van der Waals surface area contributed by atoms with Gasteiger partial charge in [-0.2, -0.15) is 0 Å². The van der Waals surface area contributed by atoms with Crippen molar-refractivity contribution in [2.45, 2.75) is 38.0 Å². The molecule has 1 saturated heterocycles. The molecular weight excluding hydrogens is 300 g/mol. The molecule has 0 aromatic heterocycles. The van der Waals surface area contributed by atoms with E-state index in [0.29, 0.717) is 17.7 Å². The van der Waals surface area contributed by atoms with Gasteiger partial charge in [0.2, 0.25) is 5.91 Å². The average Bonchev–Trinajstić information content (AvgIpc) is 2.64. The summed E-state index contributed by atoms with van der Waals surface area (Å²) in [5.41, 5.74) is 1.46. The largest absolute Gasteiger partial charge is 0.395 e. The summed E-state index contributed by atoms with van der Waals surface area (Å²) in [5.74, 6) is 1.58. The van der Waals surface area contributed by atoms with Gasteiger partial charge in [-0.1, -0.05) is 30.3 Å². The van der Waals surface area contributed by atoms with Crippen molar-refractivity contribution < 1.29 is 9.90 Å². The zero-order valence-electron chi connectivity index (χ0n) is 14.6. The molecule has 1 N–H and O–H groups in total. The molecule has 24 heavy (non-hydrogen) atoms. The van der Waals surface area contributed by atoms with Crippen molar-refractivity contribution in [2.24, 2.45) is 5.92 Å². The number of amides is 1.